The summed E-state index contributed by atoms with van der Waals surface area (Å²) in [6, 6.07) is 0.535. The second-order valence-electron chi connectivity index (χ2n) is 3.97. The van der Waals surface area contributed by atoms with E-state index in [1.807, 2.05) is 6.20 Å². The maximum atomic E-state index is 4.97. The van der Waals surface area contributed by atoms with Crippen molar-refractivity contribution in [1.29, 1.82) is 0 Å². The number of hydrogen-bond donors (Lipinski definition) is 1. The van der Waals surface area contributed by atoms with Crippen LogP contribution < -0.4 is 5.32 Å². The first kappa shape index (κ1) is 13.2. The first-order chi connectivity index (χ1) is 7.81. The quantitative estimate of drug-likeness (QED) is 0.688. The van der Waals surface area contributed by atoms with Gasteiger partial charge in [0.25, 0.3) is 0 Å². The molecule has 0 atom stereocenters. The minimum absolute atomic E-state index is 0.535. The summed E-state index contributed by atoms with van der Waals surface area (Å²) in [5, 5.41) is 7.72. The summed E-state index contributed by atoms with van der Waals surface area (Å²) in [4.78, 5) is 0. The highest BCUT2D eigenvalue weighted by molar-refractivity contribution is 5.03. The lowest BCUT2D eigenvalue weighted by atomic mass is 10.2. The molecule has 0 spiro atoms. The molecule has 92 valence electrons. The second kappa shape index (κ2) is 7.41. The maximum Gasteiger partial charge on any atom is 0.0587 e. The van der Waals surface area contributed by atoms with Crippen LogP contribution in [0.3, 0.4) is 0 Å². The lowest BCUT2D eigenvalue weighted by Crippen LogP contribution is -2.18. The van der Waals surface area contributed by atoms with Crippen molar-refractivity contribution in [3.05, 3.63) is 18.0 Å². The molecule has 4 heteroatoms. The minimum atomic E-state index is 0.535. The van der Waals surface area contributed by atoms with Gasteiger partial charge < -0.3 is 10.1 Å². The molecule has 0 fully saturated rings. The van der Waals surface area contributed by atoms with Crippen molar-refractivity contribution in [2.45, 2.75) is 39.3 Å². The van der Waals surface area contributed by atoms with Crippen molar-refractivity contribution in [2.24, 2.45) is 0 Å². The summed E-state index contributed by atoms with van der Waals surface area (Å²) in [5.74, 6) is 0. The highest BCUT2D eigenvalue weighted by Crippen LogP contribution is 2.14. The Hall–Kier alpha value is -0.870. The molecule has 0 bridgehead atoms. The van der Waals surface area contributed by atoms with Crippen LogP contribution in [-0.2, 0) is 11.3 Å². The molecule has 0 aliphatic heterocycles. The number of hydrogen-bond acceptors (Lipinski definition) is 3. The summed E-state index contributed by atoms with van der Waals surface area (Å²) in [5.41, 5.74) is 1.24. The molecule has 0 aliphatic carbocycles. The zero-order valence-electron chi connectivity index (χ0n) is 10.6. The standard InChI is InChI=1S/C12H23N3O/c1-4-12(5-2)15-10-11(9-14-15)8-13-6-7-16-3/h9-10,12-13H,4-8H2,1-3H3. The van der Waals surface area contributed by atoms with Crippen LogP contribution in [-0.4, -0.2) is 30.0 Å². The van der Waals surface area contributed by atoms with Gasteiger partial charge in [0, 0.05) is 32.0 Å². The monoisotopic (exact) mass is 225 g/mol. The van der Waals surface area contributed by atoms with Gasteiger partial charge in [-0.25, -0.2) is 0 Å². The predicted molar refractivity (Wildman–Crippen MR) is 65.4 cm³/mol. The Kier molecular flexibility index (Phi) is 6.11. The lowest BCUT2D eigenvalue weighted by molar-refractivity contribution is 0.199. The molecule has 1 aromatic rings. The van der Waals surface area contributed by atoms with Gasteiger partial charge in [-0.2, -0.15) is 5.10 Å². The highest BCUT2D eigenvalue weighted by atomic mass is 16.5. The maximum absolute atomic E-state index is 4.97. The van der Waals surface area contributed by atoms with Crippen LogP contribution in [0.15, 0.2) is 12.4 Å². The molecule has 1 rings (SSSR count). The van der Waals surface area contributed by atoms with E-state index in [-0.39, 0.29) is 0 Å². The van der Waals surface area contributed by atoms with Crippen LogP contribution in [0, 0.1) is 0 Å². The smallest absolute Gasteiger partial charge is 0.0587 e. The van der Waals surface area contributed by atoms with E-state index < -0.39 is 0 Å². The van der Waals surface area contributed by atoms with Gasteiger partial charge in [-0.3, -0.25) is 4.68 Å². The van der Waals surface area contributed by atoms with Crippen molar-refractivity contribution >= 4 is 0 Å². The molecule has 0 amide bonds. The van der Waals surface area contributed by atoms with E-state index in [0.717, 1.165) is 32.5 Å². The van der Waals surface area contributed by atoms with E-state index in [1.165, 1.54) is 5.56 Å². The van der Waals surface area contributed by atoms with E-state index in [0.29, 0.717) is 6.04 Å². The Labute approximate surface area is 98.0 Å². The summed E-state index contributed by atoms with van der Waals surface area (Å²) in [6.45, 7) is 6.90. The summed E-state index contributed by atoms with van der Waals surface area (Å²) in [6.07, 6.45) is 6.35. The fraction of sp³-hybridized carbons (Fsp3) is 0.750. The first-order valence-corrected chi connectivity index (χ1v) is 6.04. The highest BCUT2D eigenvalue weighted by Gasteiger charge is 2.07. The third kappa shape index (κ3) is 3.94. The van der Waals surface area contributed by atoms with Crippen molar-refractivity contribution in [3.8, 4) is 0 Å². The number of nitrogens with zero attached hydrogens (tertiary/aromatic N) is 2. The van der Waals surface area contributed by atoms with Gasteiger partial charge in [0.2, 0.25) is 0 Å². The average molecular weight is 225 g/mol. The largest absolute Gasteiger partial charge is 0.383 e. The SMILES string of the molecule is CCC(CC)n1cc(CNCCOC)cn1. The molecule has 4 nitrogen and oxygen atoms in total. The Morgan fingerprint density at radius 3 is 2.81 bits per heavy atom. The van der Waals surface area contributed by atoms with Crippen molar-refractivity contribution in [2.75, 3.05) is 20.3 Å². The molecule has 0 aromatic carbocycles. The third-order valence-corrected chi connectivity index (χ3v) is 2.78. The van der Waals surface area contributed by atoms with Crippen LogP contribution in [0.5, 0.6) is 0 Å². The van der Waals surface area contributed by atoms with E-state index >= 15 is 0 Å². The molecule has 1 N–H and O–H groups in total. The first-order valence-electron chi connectivity index (χ1n) is 6.04. The molecular weight excluding hydrogens is 202 g/mol. The molecule has 0 aliphatic rings. The number of aromatic nitrogens is 2. The Morgan fingerprint density at radius 2 is 2.19 bits per heavy atom. The number of rotatable bonds is 8. The van der Waals surface area contributed by atoms with E-state index in [9.17, 15) is 0 Å². The Morgan fingerprint density at radius 1 is 1.44 bits per heavy atom. The van der Waals surface area contributed by atoms with Gasteiger partial charge in [-0.15, -0.1) is 0 Å². The molecule has 0 saturated carbocycles. The topological polar surface area (TPSA) is 39.1 Å². The minimum Gasteiger partial charge on any atom is -0.383 e. The van der Waals surface area contributed by atoms with Crippen molar-refractivity contribution < 1.29 is 4.74 Å². The van der Waals surface area contributed by atoms with Crippen molar-refractivity contribution in [1.82, 2.24) is 15.1 Å². The van der Waals surface area contributed by atoms with Crippen LogP contribution in [0.4, 0.5) is 0 Å². The third-order valence-electron chi connectivity index (χ3n) is 2.78. The van der Waals surface area contributed by atoms with E-state index in [4.69, 9.17) is 4.74 Å². The Bertz CT molecular complexity index is 282. The van der Waals surface area contributed by atoms with Crippen LogP contribution in [0.25, 0.3) is 0 Å². The van der Waals surface area contributed by atoms with Gasteiger partial charge in [-0.05, 0) is 12.8 Å². The fourth-order valence-electron chi connectivity index (χ4n) is 1.74. The zero-order valence-corrected chi connectivity index (χ0v) is 10.6. The summed E-state index contributed by atoms with van der Waals surface area (Å²) in [7, 11) is 1.72. The molecule has 0 saturated heterocycles. The Balaban J connectivity index is 2.38. The molecule has 0 unspecified atom stereocenters. The molecule has 1 aromatic heterocycles. The van der Waals surface area contributed by atoms with Crippen LogP contribution >= 0.6 is 0 Å². The number of methoxy groups -OCH3 is 1. The molecule has 0 radical (unpaired) electrons. The van der Waals surface area contributed by atoms with Gasteiger partial charge >= 0.3 is 0 Å². The van der Waals surface area contributed by atoms with E-state index in [2.05, 4.69) is 35.1 Å². The fourth-order valence-corrected chi connectivity index (χ4v) is 1.74. The molecule has 1 heterocycles. The zero-order chi connectivity index (χ0) is 11.8. The second-order valence-corrected chi connectivity index (χ2v) is 3.97. The van der Waals surface area contributed by atoms with Gasteiger partial charge in [0.15, 0.2) is 0 Å². The van der Waals surface area contributed by atoms with Gasteiger partial charge in [0.05, 0.1) is 18.8 Å². The summed E-state index contributed by atoms with van der Waals surface area (Å²) >= 11 is 0. The average Bonchev–Trinajstić information content (AvgIpc) is 2.75. The van der Waals surface area contributed by atoms with Crippen molar-refractivity contribution in [3.63, 3.8) is 0 Å². The molecular formula is C12H23N3O. The number of nitrogens with one attached hydrogen (secondary N) is 1. The van der Waals surface area contributed by atoms with E-state index in [1.54, 1.807) is 7.11 Å². The number of ether oxygens (including phenoxy) is 1. The normalized spacial score (nSPS) is 11.2. The van der Waals surface area contributed by atoms with Crippen LogP contribution in [0.1, 0.15) is 38.3 Å². The van der Waals surface area contributed by atoms with Gasteiger partial charge in [-0.1, -0.05) is 13.8 Å². The predicted octanol–water partition coefficient (Wildman–Crippen LogP) is 1.98. The lowest BCUT2D eigenvalue weighted by Gasteiger charge is -2.12. The molecule has 16 heavy (non-hydrogen) atoms. The summed E-state index contributed by atoms with van der Waals surface area (Å²) < 4.78 is 7.05. The van der Waals surface area contributed by atoms with Gasteiger partial charge in [0.1, 0.15) is 0 Å². The van der Waals surface area contributed by atoms with Crippen LogP contribution in [0.2, 0.25) is 0 Å².